The van der Waals surface area contributed by atoms with Crippen molar-refractivity contribution in [2.45, 2.75) is 55.4 Å². The Morgan fingerprint density at radius 2 is 1.60 bits per heavy atom. The van der Waals surface area contributed by atoms with Crippen LogP contribution in [0.2, 0.25) is 0 Å². The summed E-state index contributed by atoms with van der Waals surface area (Å²) < 4.78 is 0. The Bertz CT molecular complexity index is 348. The van der Waals surface area contributed by atoms with E-state index in [0.29, 0.717) is 0 Å². The van der Waals surface area contributed by atoms with Gasteiger partial charge in [-0.2, -0.15) is 0 Å². The molecule has 0 spiro atoms. The van der Waals surface area contributed by atoms with Crippen molar-refractivity contribution < 1.29 is 0 Å². The highest BCUT2D eigenvalue weighted by Gasteiger charge is 1.97. The topological polar surface area (TPSA) is 12.9 Å². The lowest BCUT2D eigenvalue weighted by Gasteiger charge is -1.98. The highest BCUT2D eigenvalue weighted by atomic mass is 32.1. The fourth-order valence-electron chi connectivity index (χ4n) is 1.53. The van der Waals surface area contributed by atoms with E-state index in [1.54, 1.807) is 11.3 Å². The van der Waals surface area contributed by atoms with Gasteiger partial charge in [-0.1, -0.05) is 48.6 Å². The summed E-state index contributed by atoms with van der Waals surface area (Å²) in [6.45, 7) is 8.92. The van der Waals surface area contributed by atoms with E-state index < -0.39 is 0 Å². The molecule has 0 aromatic carbocycles. The van der Waals surface area contributed by atoms with Crippen LogP contribution in [0, 0.1) is 11.8 Å². The van der Waals surface area contributed by atoms with Crippen molar-refractivity contribution >= 4 is 22.7 Å². The van der Waals surface area contributed by atoms with Gasteiger partial charge in [0.05, 0.1) is 5.01 Å². The summed E-state index contributed by atoms with van der Waals surface area (Å²) in [4.78, 5) is 5.68. The van der Waals surface area contributed by atoms with Gasteiger partial charge in [0.2, 0.25) is 0 Å². The van der Waals surface area contributed by atoms with Crippen LogP contribution in [-0.4, -0.2) is 4.98 Å². The SMILES string of the molecule is C.C.CC(C)Cc1cccs1.CC(C)Cc1nccs1. The third kappa shape index (κ3) is 10.2. The predicted octanol–water partition coefficient (Wildman–Crippen LogP) is 6.56. The number of aromatic nitrogens is 1. The second-order valence-corrected chi connectivity index (χ2v) is 7.21. The Morgan fingerprint density at radius 3 is 2.00 bits per heavy atom. The summed E-state index contributed by atoms with van der Waals surface area (Å²) in [5.41, 5.74) is 0. The fraction of sp³-hybridized carbons (Fsp3) is 0.588. The number of hydrogen-bond acceptors (Lipinski definition) is 3. The lowest BCUT2D eigenvalue weighted by molar-refractivity contribution is 0.644. The highest BCUT2D eigenvalue weighted by molar-refractivity contribution is 7.10. The summed E-state index contributed by atoms with van der Waals surface area (Å²) >= 11 is 3.59. The van der Waals surface area contributed by atoms with E-state index in [1.807, 2.05) is 22.9 Å². The summed E-state index contributed by atoms with van der Waals surface area (Å²) in [5, 5.41) is 5.42. The van der Waals surface area contributed by atoms with E-state index >= 15 is 0 Å². The monoisotopic (exact) mass is 313 g/mol. The first-order chi connectivity index (χ1) is 8.58. The van der Waals surface area contributed by atoms with Crippen molar-refractivity contribution in [1.82, 2.24) is 4.98 Å². The normalized spacial score (nSPS) is 9.50. The second kappa shape index (κ2) is 12.1. The molecule has 0 unspecified atom stereocenters. The molecule has 3 heteroatoms. The molecule has 1 nitrogen and oxygen atoms in total. The molecule has 0 atom stereocenters. The second-order valence-electron chi connectivity index (χ2n) is 5.20. The first-order valence-electron chi connectivity index (χ1n) is 6.48. The van der Waals surface area contributed by atoms with Crippen molar-refractivity contribution in [3.05, 3.63) is 39.0 Å². The maximum Gasteiger partial charge on any atom is 0.0927 e. The van der Waals surface area contributed by atoms with Crippen LogP contribution in [0.1, 0.15) is 52.4 Å². The molecule has 0 radical (unpaired) electrons. The molecule has 0 amide bonds. The predicted molar refractivity (Wildman–Crippen MR) is 97.0 cm³/mol. The Kier molecular flexibility index (Phi) is 13.1. The molecular weight excluding hydrogens is 282 g/mol. The minimum Gasteiger partial charge on any atom is -0.250 e. The third-order valence-electron chi connectivity index (χ3n) is 2.26. The van der Waals surface area contributed by atoms with Crippen molar-refractivity contribution in [3.63, 3.8) is 0 Å². The average Bonchev–Trinajstić information content (AvgIpc) is 2.90. The van der Waals surface area contributed by atoms with Crippen LogP contribution in [0.3, 0.4) is 0 Å². The smallest absolute Gasteiger partial charge is 0.0927 e. The lowest BCUT2D eigenvalue weighted by Crippen LogP contribution is -1.91. The van der Waals surface area contributed by atoms with Gasteiger partial charge in [-0.25, -0.2) is 4.98 Å². The van der Waals surface area contributed by atoms with Gasteiger partial charge in [0.25, 0.3) is 0 Å². The Morgan fingerprint density at radius 1 is 0.950 bits per heavy atom. The quantitative estimate of drug-likeness (QED) is 0.622. The number of thiazole rings is 1. The zero-order chi connectivity index (χ0) is 13.4. The molecule has 116 valence electrons. The van der Waals surface area contributed by atoms with Crippen LogP contribution in [0.4, 0.5) is 0 Å². The first kappa shape index (κ1) is 21.6. The Labute approximate surface area is 134 Å². The molecule has 20 heavy (non-hydrogen) atoms. The van der Waals surface area contributed by atoms with Crippen molar-refractivity contribution in [2.75, 3.05) is 0 Å². The van der Waals surface area contributed by atoms with Gasteiger partial charge < -0.3 is 0 Å². The molecular formula is C17H31NS2. The number of thiophene rings is 1. The van der Waals surface area contributed by atoms with Crippen LogP contribution in [-0.2, 0) is 12.8 Å². The minimum atomic E-state index is 0. The van der Waals surface area contributed by atoms with Gasteiger partial charge in [-0.15, -0.1) is 22.7 Å². The summed E-state index contributed by atoms with van der Waals surface area (Å²) in [6.07, 6.45) is 4.22. The molecule has 0 bridgehead atoms. The molecule has 0 saturated heterocycles. The molecule has 0 saturated carbocycles. The third-order valence-corrected chi connectivity index (χ3v) is 3.96. The molecule has 0 aliphatic heterocycles. The largest absolute Gasteiger partial charge is 0.250 e. The molecule has 0 N–H and O–H groups in total. The van der Waals surface area contributed by atoms with Crippen LogP contribution in [0.25, 0.3) is 0 Å². The lowest BCUT2D eigenvalue weighted by atomic mass is 10.1. The zero-order valence-corrected chi connectivity index (χ0v) is 13.4. The van der Waals surface area contributed by atoms with E-state index in [4.69, 9.17) is 0 Å². The van der Waals surface area contributed by atoms with Gasteiger partial charge in [0, 0.05) is 22.9 Å². The van der Waals surface area contributed by atoms with E-state index in [-0.39, 0.29) is 14.9 Å². The highest BCUT2D eigenvalue weighted by Crippen LogP contribution is 2.13. The van der Waals surface area contributed by atoms with Gasteiger partial charge in [0.1, 0.15) is 0 Å². The van der Waals surface area contributed by atoms with Gasteiger partial charge in [0.15, 0.2) is 0 Å². The number of nitrogens with zero attached hydrogens (tertiary/aromatic N) is 1. The summed E-state index contributed by atoms with van der Waals surface area (Å²) in [6, 6.07) is 4.31. The Balaban J connectivity index is 0. The van der Waals surface area contributed by atoms with Crippen molar-refractivity contribution in [1.29, 1.82) is 0 Å². The van der Waals surface area contributed by atoms with Gasteiger partial charge >= 0.3 is 0 Å². The van der Waals surface area contributed by atoms with Crippen LogP contribution in [0.5, 0.6) is 0 Å². The van der Waals surface area contributed by atoms with Crippen LogP contribution in [0.15, 0.2) is 29.1 Å². The van der Waals surface area contributed by atoms with Crippen molar-refractivity contribution in [3.8, 4) is 0 Å². The molecule has 2 aromatic rings. The number of rotatable bonds is 4. The van der Waals surface area contributed by atoms with E-state index in [1.165, 1.54) is 16.3 Å². The first-order valence-corrected chi connectivity index (χ1v) is 8.24. The molecule has 0 fully saturated rings. The maximum absolute atomic E-state index is 4.17. The zero-order valence-electron chi connectivity index (χ0n) is 11.7. The molecule has 0 aliphatic rings. The van der Waals surface area contributed by atoms with Crippen LogP contribution < -0.4 is 0 Å². The fourth-order valence-corrected chi connectivity index (χ4v) is 3.28. The van der Waals surface area contributed by atoms with Gasteiger partial charge in [-0.3, -0.25) is 0 Å². The molecule has 2 heterocycles. The average molecular weight is 314 g/mol. The number of hydrogen-bond donors (Lipinski definition) is 0. The summed E-state index contributed by atoms with van der Waals surface area (Å²) in [5.74, 6) is 1.53. The van der Waals surface area contributed by atoms with E-state index in [2.05, 4.69) is 50.2 Å². The van der Waals surface area contributed by atoms with Gasteiger partial charge in [-0.05, 0) is 29.7 Å². The molecule has 2 aromatic heterocycles. The van der Waals surface area contributed by atoms with E-state index in [0.717, 1.165) is 18.3 Å². The maximum atomic E-state index is 4.17. The Hall–Kier alpha value is -0.670. The minimum absolute atomic E-state index is 0. The molecule has 0 aliphatic carbocycles. The van der Waals surface area contributed by atoms with Crippen LogP contribution >= 0.6 is 22.7 Å². The van der Waals surface area contributed by atoms with Crippen molar-refractivity contribution in [2.24, 2.45) is 11.8 Å². The standard InChI is InChI=1S/C8H12S.C7H11NS.2CH4/c1-7(2)6-8-4-3-5-9-8;1-6(2)5-7-8-3-4-9-7;;/h3-5,7H,6H2,1-2H3;3-4,6H,5H2,1-2H3;2*1H4. The summed E-state index contributed by atoms with van der Waals surface area (Å²) in [7, 11) is 0. The molecule has 2 rings (SSSR count). The van der Waals surface area contributed by atoms with E-state index in [9.17, 15) is 0 Å².